The molecule has 0 radical (unpaired) electrons. The summed E-state index contributed by atoms with van der Waals surface area (Å²) in [5.74, 6) is -6.72. The zero-order valence-electron chi connectivity index (χ0n) is 11.0. The molecule has 0 fully saturated rings. The van der Waals surface area contributed by atoms with Crippen LogP contribution in [0.3, 0.4) is 0 Å². The third kappa shape index (κ3) is 4.43. The van der Waals surface area contributed by atoms with Crippen LogP contribution >= 0.6 is 0 Å². The number of methoxy groups -OCH3 is 1. The van der Waals surface area contributed by atoms with E-state index in [9.17, 15) is 18.4 Å². The van der Waals surface area contributed by atoms with Gasteiger partial charge in [0.25, 0.3) is 0 Å². The molecule has 0 amide bonds. The van der Waals surface area contributed by atoms with Crippen molar-refractivity contribution in [1.29, 1.82) is 0 Å². The van der Waals surface area contributed by atoms with Crippen molar-refractivity contribution >= 4 is 11.9 Å². The molecule has 0 saturated heterocycles. The summed E-state index contributed by atoms with van der Waals surface area (Å²) >= 11 is 0. The number of carbonyl (C=O) groups is 2. The predicted octanol–water partition coefficient (Wildman–Crippen LogP) is 2.33. The SMILES string of the molecule is C=C(C)C(=O)O[C@H](CC(C)C)C(F)(F)C(=O)OC. The molecule has 18 heavy (non-hydrogen) atoms. The average Bonchev–Trinajstić information content (AvgIpc) is 2.25. The van der Waals surface area contributed by atoms with Crippen molar-refractivity contribution in [1.82, 2.24) is 0 Å². The number of hydrogen-bond donors (Lipinski definition) is 0. The summed E-state index contributed by atoms with van der Waals surface area (Å²) in [6.45, 7) is 7.99. The minimum absolute atomic E-state index is 0.00979. The van der Waals surface area contributed by atoms with Crippen molar-refractivity contribution < 1.29 is 27.8 Å². The summed E-state index contributed by atoms with van der Waals surface area (Å²) in [7, 11) is 0.850. The van der Waals surface area contributed by atoms with E-state index in [0.29, 0.717) is 0 Å². The third-order valence-electron chi connectivity index (χ3n) is 2.15. The van der Waals surface area contributed by atoms with Crippen molar-refractivity contribution in [2.24, 2.45) is 5.92 Å². The van der Waals surface area contributed by atoms with Gasteiger partial charge < -0.3 is 9.47 Å². The molecule has 0 unspecified atom stereocenters. The summed E-state index contributed by atoms with van der Waals surface area (Å²) in [6.07, 6.45) is -2.00. The number of ether oxygens (including phenoxy) is 2. The highest BCUT2D eigenvalue weighted by Crippen LogP contribution is 2.28. The van der Waals surface area contributed by atoms with Crippen LogP contribution in [-0.4, -0.2) is 31.1 Å². The number of esters is 2. The predicted molar refractivity (Wildman–Crippen MR) is 61.1 cm³/mol. The van der Waals surface area contributed by atoms with Gasteiger partial charge in [-0.05, 0) is 19.3 Å². The van der Waals surface area contributed by atoms with Crippen LogP contribution in [0.2, 0.25) is 0 Å². The Morgan fingerprint density at radius 2 is 1.83 bits per heavy atom. The Kier molecular flexibility index (Phi) is 5.94. The molecule has 0 heterocycles. The molecule has 0 aromatic carbocycles. The van der Waals surface area contributed by atoms with E-state index in [0.717, 1.165) is 7.11 Å². The Labute approximate surface area is 105 Å². The number of hydrogen-bond acceptors (Lipinski definition) is 4. The van der Waals surface area contributed by atoms with Gasteiger partial charge in [0, 0.05) is 5.57 Å². The van der Waals surface area contributed by atoms with Crippen LogP contribution in [0.25, 0.3) is 0 Å². The zero-order chi connectivity index (χ0) is 14.5. The van der Waals surface area contributed by atoms with E-state index in [4.69, 9.17) is 0 Å². The zero-order valence-corrected chi connectivity index (χ0v) is 11.0. The van der Waals surface area contributed by atoms with E-state index in [1.807, 2.05) is 0 Å². The fourth-order valence-electron chi connectivity index (χ4n) is 1.20. The molecule has 0 spiro atoms. The highest BCUT2D eigenvalue weighted by molar-refractivity contribution is 5.87. The minimum Gasteiger partial charge on any atom is -0.464 e. The molecule has 0 N–H and O–H groups in total. The van der Waals surface area contributed by atoms with E-state index in [2.05, 4.69) is 16.1 Å². The second kappa shape index (κ2) is 6.47. The van der Waals surface area contributed by atoms with E-state index in [1.165, 1.54) is 6.92 Å². The first-order valence-electron chi connectivity index (χ1n) is 5.45. The van der Waals surface area contributed by atoms with Gasteiger partial charge in [0.05, 0.1) is 7.11 Å². The van der Waals surface area contributed by atoms with Gasteiger partial charge in [-0.15, -0.1) is 0 Å². The molecule has 0 saturated carbocycles. The second-order valence-corrected chi connectivity index (χ2v) is 4.42. The molecule has 0 rings (SSSR count). The fraction of sp³-hybridized carbons (Fsp3) is 0.667. The van der Waals surface area contributed by atoms with Gasteiger partial charge in [0.1, 0.15) is 0 Å². The van der Waals surface area contributed by atoms with Gasteiger partial charge in [-0.25, -0.2) is 9.59 Å². The number of halogens is 2. The Balaban J connectivity index is 5.04. The van der Waals surface area contributed by atoms with E-state index in [-0.39, 0.29) is 17.9 Å². The molecular weight excluding hydrogens is 246 g/mol. The van der Waals surface area contributed by atoms with Crippen LogP contribution in [0.4, 0.5) is 8.78 Å². The van der Waals surface area contributed by atoms with Crippen molar-refractivity contribution in [2.45, 2.75) is 39.2 Å². The largest absolute Gasteiger partial charge is 0.464 e. The van der Waals surface area contributed by atoms with Crippen molar-refractivity contribution in [2.75, 3.05) is 7.11 Å². The maximum absolute atomic E-state index is 13.7. The number of carbonyl (C=O) groups excluding carboxylic acids is 2. The molecule has 0 aliphatic rings. The molecule has 6 heteroatoms. The quantitative estimate of drug-likeness (QED) is 0.545. The third-order valence-corrected chi connectivity index (χ3v) is 2.15. The van der Waals surface area contributed by atoms with Gasteiger partial charge in [-0.2, -0.15) is 8.78 Å². The topological polar surface area (TPSA) is 52.6 Å². The Hall–Kier alpha value is -1.46. The van der Waals surface area contributed by atoms with Gasteiger partial charge >= 0.3 is 17.9 Å². The summed E-state index contributed by atoms with van der Waals surface area (Å²) in [6, 6.07) is 0. The first kappa shape index (κ1) is 16.5. The minimum atomic E-state index is -3.87. The highest BCUT2D eigenvalue weighted by atomic mass is 19.3. The van der Waals surface area contributed by atoms with Gasteiger partial charge in [-0.1, -0.05) is 20.4 Å². The van der Waals surface area contributed by atoms with E-state index in [1.54, 1.807) is 13.8 Å². The number of rotatable bonds is 6. The van der Waals surface area contributed by atoms with Gasteiger partial charge in [0.2, 0.25) is 0 Å². The van der Waals surface area contributed by atoms with Crippen LogP contribution in [0, 0.1) is 5.92 Å². The first-order valence-corrected chi connectivity index (χ1v) is 5.45. The standard InChI is InChI=1S/C12H18F2O4/c1-7(2)6-9(18-10(15)8(3)4)12(13,14)11(16)17-5/h7,9H,3,6H2,1-2,4-5H3/t9-/m1/s1. The lowest BCUT2D eigenvalue weighted by atomic mass is 10.0. The summed E-state index contributed by atoms with van der Waals surface area (Å²) < 4.78 is 36.0. The molecular formula is C12H18F2O4. The molecule has 4 nitrogen and oxygen atoms in total. The smallest absolute Gasteiger partial charge is 0.380 e. The Morgan fingerprint density at radius 1 is 1.33 bits per heavy atom. The molecule has 0 aromatic heterocycles. The molecule has 0 bridgehead atoms. The second-order valence-electron chi connectivity index (χ2n) is 4.42. The molecule has 0 aliphatic carbocycles. The maximum Gasteiger partial charge on any atom is 0.380 e. The number of alkyl halides is 2. The van der Waals surface area contributed by atoms with Crippen LogP contribution in [0.1, 0.15) is 27.2 Å². The summed E-state index contributed by atoms with van der Waals surface area (Å²) in [5, 5.41) is 0. The monoisotopic (exact) mass is 264 g/mol. The molecule has 104 valence electrons. The lowest BCUT2D eigenvalue weighted by Gasteiger charge is -2.26. The Bertz CT molecular complexity index is 337. The maximum atomic E-state index is 13.7. The van der Waals surface area contributed by atoms with E-state index >= 15 is 0 Å². The fourth-order valence-corrected chi connectivity index (χ4v) is 1.20. The highest BCUT2D eigenvalue weighted by Gasteiger charge is 2.51. The van der Waals surface area contributed by atoms with Gasteiger partial charge in [0.15, 0.2) is 6.10 Å². The van der Waals surface area contributed by atoms with Gasteiger partial charge in [-0.3, -0.25) is 0 Å². The average molecular weight is 264 g/mol. The van der Waals surface area contributed by atoms with Crippen LogP contribution < -0.4 is 0 Å². The first-order chi connectivity index (χ1) is 8.12. The molecule has 1 atom stereocenters. The van der Waals surface area contributed by atoms with Crippen LogP contribution in [0.5, 0.6) is 0 Å². The van der Waals surface area contributed by atoms with E-state index < -0.39 is 24.0 Å². The van der Waals surface area contributed by atoms with Crippen molar-refractivity contribution in [3.05, 3.63) is 12.2 Å². The summed E-state index contributed by atoms with van der Waals surface area (Å²) in [4.78, 5) is 22.3. The lowest BCUT2D eigenvalue weighted by molar-refractivity contribution is -0.196. The van der Waals surface area contributed by atoms with Crippen molar-refractivity contribution in [3.63, 3.8) is 0 Å². The van der Waals surface area contributed by atoms with Crippen LogP contribution in [-0.2, 0) is 19.1 Å². The lowest BCUT2D eigenvalue weighted by Crippen LogP contribution is -2.45. The molecule has 0 aromatic rings. The molecule has 0 aliphatic heterocycles. The normalized spacial score (nSPS) is 13.1. The summed E-state index contributed by atoms with van der Waals surface area (Å²) in [5.41, 5.74) is -0.00979. The Morgan fingerprint density at radius 3 is 2.17 bits per heavy atom. The van der Waals surface area contributed by atoms with Crippen LogP contribution in [0.15, 0.2) is 12.2 Å². The van der Waals surface area contributed by atoms with Crippen molar-refractivity contribution in [3.8, 4) is 0 Å².